The van der Waals surface area contributed by atoms with Crippen molar-refractivity contribution < 1.29 is 19.5 Å². The summed E-state index contributed by atoms with van der Waals surface area (Å²) in [5.41, 5.74) is -0.524. The molecule has 0 aromatic rings. The Morgan fingerprint density at radius 3 is 2.32 bits per heavy atom. The Balaban J connectivity index is 4.10. The van der Waals surface area contributed by atoms with Crippen LogP contribution in [-0.4, -0.2) is 35.5 Å². The number of terminal acetylenes is 1. The summed E-state index contributed by atoms with van der Waals surface area (Å²) in [7, 11) is 0. The van der Waals surface area contributed by atoms with E-state index in [0.29, 0.717) is 0 Å². The van der Waals surface area contributed by atoms with Crippen LogP contribution in [0.2, 0.25) is 0 Å². The monoisotopic (exact) mass is 268 g/mol. The Kier molecular flexibility index (Phi) is 6.62. The van der Waals surface area contributed by atoms with Gasteiger partial charge in [-0.05, 0) is 0 Å². The van der Waals surface area contributed by atoms with Crippen molar-refractivity contribution >= 4 is 17.8 Å². The fourth-order valence-electron chi connectivity index (χ4n) is 1.14. The number of rotatable bonds is 6. The van der Waals surface area contributed by atoms with E-state index in [0.717, 1.165) is 0 Å². The molecule has 6 heteroatoms. The van der Waals surface area contributed by atoms with Crippen molar-refractivity contribution in [3.8, 4) is 12.3 Å². The smallest absolute Gasteiger partial charge is 0.327 e. The van der Waals surface area contributed by atoms with Crippen molar-refractivity contribution in [1.29, 1.82) is 0 Å². The van der Waals surface area contributed by atoms with Crippen LogP contribution in [0.15, 0.2) is 0 Å². The molecule has 6 nitrogen and oxygen atoms in total. The first-order valence-electron chi connectivity index (χ1n) is 5.92. The summed E-state index contributed by atoms with van der Waals surface area (Å²) in [6.45, 7) is 5.44. The van der Waals surface area contributed by atoms with Crippen molar-refractivity contribution in [3.05, 3.63) is 0 Å². The maximum Gasteiger partial charge on any atom is 0.327 e. The molecule has 0 saturated heterocycles. The fraction of sp³-hybridized carbons (Fsp3) is 0.615. The maximum absolute atomic E-state index is 11.5. The second-order valence-electron chi connectivity index (χ2n) is 5.12. The van der Waals surface area contributed by atoms with E-state index < -0.39 is 23.3 Å². The summed E-state index contributed by atoms with van der Waals surface area (Å²) in [5.74, 6) is 0.378. The highest BCUT2D eigenvalue weighted by Gasteiger charge is 2.21. The van der Waals surface area contributed by atoms with Gasteiger partial charge in [0.1, 0.15) is 6.04 Å². The topological polar surface area (TPSA) is 95.5 Å². The van der Waals surface area contributed by atoms with Gasteiger partial charge in [0, 0.05) is 24.8 Å². The number of hydrogen-bond acceptors (Lipinski definition) is 3. The molecular weight excluding hydrogens is 248 g/mol. The molecule has 3 N–H and O–H groups in total. The standard InChI is InChI=1S/C13H20N2O4/c1-5-6-9(11(17)18)15-10(16)7-8-14-12(19)13(2,3)4/h1,9H,6-8H2,2-4H3,(H,14,19)(H,15,16)(H,17,18). The van der Waals surface area contributed by atoms with E-state index >= 15 is 0 Å². The third-order valence-corrected chi connectivity index (χ3v) is 2.27. The van der Waals surface area contributed by atoms with Crippen molar-refractivity contribution in [3.63, 3.8) is 0 Å². The number of aliphatic carboxylic acids is 1. The van der Waals surface area contributed by atoms with Gasteiger partial charge in [-0.2, -0.15) is 0 Å². The van der Waals surface area contributed by atoms with Crippen LogP contribution in [0.3, 0.4) is 0 Å². The lowest BCUT2D eigenvalue weighted by Crippen LogP contribution is -2.42. The van der Waals surface area contributed by atoms with Crippen LogP contribution in [0.25, 0.3) is 0 Å². The van der Waals surface area contributed by atoms with E-state index in [1.165, 1.54) is 0 Å². The van der Waals surface area contributed by atoms with Gasteiger partial charge in [0.2, 0.25) is 11.8 Å². The molecule has 0 radical (unpaired) electrons. The second kappa shape index (κ2) is 7.41. The van der Waals surface area contributed by atoms with E-state index in [4.69, 9.17) is 11.5 Å². The summed E-state index contributed by atoms with van der Waals surface area (Å²) in [6, 6.07) is -1.09. The van der Waals surface area contributed by atoms with Crippen LogP contribution < -0.4 is 10.6 Å². The summed E-state index contributed by atoms with van der Waals surface area (Å²) >= 11 is 0. The molecule has 19 heavy (non-hydrogen) atoms. The van der Waals surface area contributed by atoms with Gasteiger partial charge in [0.25, 0.3) is 0 Å². The van der Waals surface area contributed by atoms with Gasteiger partial charge in [0.05, 0.1) is 0 Å². The Bertz CT molecular complexity index is 390. The van der Waals surface area contributed by atoms with E-state index in [1.807, 2.05) is 0 Å². The number of nitrogens with one attached hydrogen (secondary N) is 2. The van der Waals surface area contributed by atoms with Crippen molar-refractivity contribution in [2.45, 2.75) is 39.7 Å². The highest BCUT2D eigenvalue weighted by molar-refractivity contribution is 5.85. The lowest BCUT2D eigenvalue weighted by molar-refractivity contribution is -0.141. The Hall–Kier alpha value is -2.03. The predicted molar refractivity (Wildman–Crippen MR) is 70.1 cm³/mol. The number of amides is 2. The Morgan fingerprint density at radius 1 is 1.32 bits per heavy atom. The molecule has 0 saturated carbocycles. The molecule has 0 aromatic carbocycles. The largest absolute Gasteiger partial charge is 0.480 e. The molecule has 2 amide bonds. The minimum atomic E-state index is -1.18. The summed E-state index contributed by atoms with van der Waals surface area (Å²) in [4.78, 5) is 33.7. The summed E-state index contributed by atoms with van der Waals surface area (Å²) in [5, 5.41) is 13.7. The quantitative estimate of drug-likeness (QED) is 0.597. The number of carboxylic acids is 1. The average molecular weight is 268 g/mol. The predicted octanol–water partition coefficient (Wildman–Crippen LogP) is 0.131. The first-order chi connectivity index (χ1) is 8.68. The SMILES string of the molecule is C#CCC(NC(=O)CCNC(=O)C(C)(C)C)C(=O)O. The molecule has 0 rings (SSSR count). The van der Waals surface area contributed by atoms with Crippen LogP contribution in [-0.2, 0) is 14.4 Å². The van der Waals surface area contributed by atoms with Gasteiger partial charge in [-0.1, -0.05) is 20.8 Å². The van der Waals surface area contributed by atoms with E-state index in [1.54, 1.807) is 20.8 Å². The molecule has 0 heterocycles. The zero-order valence-electron chi connectivity index (χ0n) is 11.4. The average Bonchev–Trinajstić information content (AvgIpc) is 2.26. The Morgan fingerprint density at radius 2 is 1.89 bits per heavy atom. The van der Waals surface area contributed by atoms with E-state index in [-0.39, 0.29) is 25.3 Å². The first-order valence-corrected chi connectivity index (χ1v) is 5.92. The van der Waals surface area contributed by atoms with Crippen molar-refractivity contribution in [1.82, 2.24) is 10.6 Å². The van der Waals surface area contributed by atoms with Crippen LogP contribution in [0.5, 0.6) is 0 Å². The van der Waals surface area contributed by atoms with E-state index in [2.05, 4.69) is 16.6 Å². The summed E-state index contributed by atoms with van der Waals surface area (Å²) in [6.07, 6.45) is 4.95. The third-order valence-electron chi connectivity index (χ3n) is 2.27. The number of carbonyl (C=O) groups excluding carboxylic acids is 2. The van der Waals surface area contributed by atoms with Crippen LogP contribution in [0.1, 0.15) is 33.6 Å². The van der Waals surface area contributed by atoms with E-state index in [9.17, 15) is 14.4 Å². The molecule has 106 valence electrons. The molecule has 0 spiro atoms. The van der Waals surface area contributed by atoms with Gasteiger partial charge in [0.15, 0.2) is 0 Å². The summed E-state index contributed by atoms with van der Waals surface area (Å²) < 4.78 is 0. The highest BCUT2D eigenvalue weighted by atomic mass is 16.4. The highest BCUT2D eigenvalue weighted by Crippen LogP contribution is 2.12. The van der Waals surface area contributed by atoms with Gasteiger partial charge in [-0.15, -0.1) is 12.3 Å². The first kappa shape index (κ1) is 17.0. The van der Waals surface area contributed by atoms with Crippen LogP contribution >= 0.6 is 0 Å². The van der Waals surface area contributed by atoms with Crippen LogP contribution in [0, 0.1) is 17.8 Å². The second-order valence-corrected chi connectivity index (χ2v) is 5.12. The fourth-order valence-corrected chi connectivity index (χ4v) is 1.14. The maximum atomic E-state index is 11.5. The molecule has 0 aliphatic rings. The van der Waals surface area contributed by atoms with Gasteiger partial charge in [-0.3, -0.25) is 9.59 Å². The molecule has 0 aliphatic heterocycles. The van der Waals surface area contributed by atoms with Crippen molar-refractivity contribution in [2.24, 2.45) is 5.41 Å². The van der Waals surface area contributed by atoms with Gasteiger partial charge >= 0.3 is 5.97 Å². The number of hydrogen-bond donors (Lipinski definition) is 3. The minimum Gasteiger partial charge on any atom is -0.480 e. The molecule has 0 fully saturated rings. The molecule has 0 bridgehead atoms. The molecule has 0 aliphatic carbocycles. The minimum absolute atomic E-state index is 0.0101. The lowest BCUT2D eigenvalue weighted by Gasteiger charge is -2.17. The molecule has 1 unspecified atom stereocenters. The van der Waals surface area contributed by atoms with Crippen LogP contribution in [0.4, 0.5) is 0 Å². The van der Waals surface area contributed by atoms with Crippen molar-refractivity contribution in [2.75, 3.05) is 6.54 Å². The number of carbonyl (C=O) groups is 3. The zero-order chi connectivity index (χ0) is 15.1. The van der Waals surface area contributed by atoms with Gasteiger partial charge in [-0.25, -0.2) is 4.79 Å². The lowest BCUT2D eigenvalue weighted by atomic mass is 9.96. The Labute approximate surface area is 112 Å². The number of carboxylic acid groups (broad SMARTS) is 1. The molecule has 0 aromatic heterocycles. The molecular formula is C13H20N2O4. The normalized spacial score (nSPS) is 12.1. The third kappa shape index (κ3) is 7.09. The van der Waals surface area contributed by atoms with Gasteiger partial charge < -0.3 is 15.7 Å². The zero-order valence-corrected chi connectivity index (χ0v) is 11.4. The molecule has 1 atom stereocenters.